The SMILES string of the molecule is O=C(O)c1c[nH]c2cc(Br)c(-c3ccc(-c4ccccc4O)cc3)cc12. The smallest absolute Gasteiger partial charge is 0.337 e. The lowest BCUT2D eigenvalue weighted by Gasteiger charge is -2.09. The predicted molar refractivity (Wildman–Crippen MR) is 105 cm³/mol. The second-order valence-electron chi connectivity index (χ2n) is 5.98. The molecular formula is C21H14BrNO3. The fraction of sp³-hybridized carbons (Fsp3) is 0. The molecule has 4 aromatic rings. The number of nitrogens with one attached hydrogen (secondary N) is 1. The quantitative estimate of drug-likeness (QED) is 0.409. The molecule has 5 heteroatoms. The van der Waals surface area contributed by atoms with Crippen LogP contribution in [0.1, 0.15) is 10.4 Å². The number of carboxylic acid groups (broad SMARTS) is 1. The Morgan fingerprint density at radius 3 is 2.23 bits per heavy atom. The van der Waals surface area contributed by atoms with Crippen molar-refractivity contribution >= 4 is 32.8 Å². The summed E-state index contributed by atoms with van der Waals surface area (Å²) in [7, 11) is 0. The first-order chi connectivity index (χ1) is 12.5. The number of fused-ring (bicyclic) bond motifs is 1. The molecule has 0 aliphatic rings. The highest BCUT2D eigenvalue weighted by Gasteiger charge is 2.14. The van der Waals surface area contributed by atoms with Crippen molar-refractivity contribution in [1.29, 1.82) is 0 Å². The molecule has 3 N–H and O–H groups in total. The zero-order valence-corrected chi connectivity index (χ0v) is 15.1. The minimum absolute atomic E-state index is 0.237. The van der Waals surface area contributed by atoms with Gasteiger partial charge in [-0.15, -0.1) is 0 Å². The maximum Gasteiger partial charge on any atom is 0.337 e. The average Bonchev–Trinajstić information content (AvgIpc) is 3.04. The van der Waals surface area contributed by atoms with Gasteiger partial charge in [0.05, 0.1) is 5.56 Å². The largest absolute Gasteiger partial charge is 0.507 e. The van der Waals surface area contributed by atoms with Crippen LogP contribution in [0.15, 0.2) is 71.3 Å². The monoisotopic (exact) mass is 407 g/mol. The number of aromatic hydroxyl groups is 1. The Hall–Kier alpha value is -3.05. The average molecular weight is 408 g/mol. The topological polar surface area (TPSA) is 73.3 Å². The molecule has 4 rings (SSSR count). The summed E-state index contributed by atoms with van der Waals surface area (Å²) in [6, 6.07) is 18.7. The number of aromatic nitrogens is 1. The van der Waals surface area contributed by atoms with Crippen molar-refractivity contribution in [2.45, 2.75) is 0 Å². The number of phenolic OH excluding ortho intramolecular Hbond substituents is 1. The van der Waals surface area contributed by atoms with Gasteiger partial charge in [-0.3, -0.25) is 0 Å². The van der Waals surface area contributed by atoms with Crippen molar-refractivity contribution in [1.82, 2.24) is 4.98 Å². The van der Waals surface area contributed by atoms with E-state index in [-0.39, 0.29) is 11.3 Å². The van der Waals surface area contributed by atoms with Crippen LogP contribution in [0.25, 0.3) is 33.2 Å². The Labute approximate surface area is 157 Å². The number of hydrogen-bond acceptors (Lipinski definition) is 2. The van der Waals surface area contributed by atoms with Gasteiger partial charge in [0.1, 0.15) is 5.75 Å². The van der Waals surface area contributed by atoms with Crippen LogP contribution in [0.4, 0.5) is 0 Å². The Morgan fingerprint density at radius 2 is 1.58 bits per heavy atom. The van der Waals surface area contributed by atoms with Gasteiger partial charge in [0.2, 0.25) is 0 Å². The van der Waals surface area contributed by atoms with Gasteiger partial charge in [-0.1, -0.05) is 58.4 Å². The van der Waals surface area contributed by atoms with E-state index in [2.05, 4.69) is 20.9 Å². The lowest BCUT2D eigenvalue weighted by atomic mass is 9.98. The number of para-hydroxylation sites is 1. The number of benzene rings is 3. The van der Waals surface area contributed by atoms with Crippen molar-refractivity contribution in [3.8, 4) is 28.0 Å². The Bertz CT molecular complexity index is 1130. The normalized spacial score (nSPS) is 11.0. The minimum Gasteiger partial charge on any atom is -0.507 e. The Kier molecular flexibility index (Phi) is 4.01. The number of aromatic carboxylic acids is 1. The first-order valence-electron chi connectivity index (χ1n) is 7.97. The molecule has 0 aliphatic heterocycles. The van der Waals surface area contributed by atoms with Crippen LogP contribution in [-0.4, -0.2) is 21.2 Å². The summed E-state index contributed by atoms with van der Waals surface area (Å²) in [5.74, 6) is -0.722. The molecule has 0 radical (unpaired) electrons. The van der Waals surface area contributed by atoms with E-state index in [1.54, 1.807) is 12.1 Å². The highest BCUT2D eigenvalue weighted by Crippen LogP contribution is 2.35. The van der Waals surface area contributed by atoms with Gasteiger partial charge in [0.25, 0.3) is 0 Å². The summed E-state index contributed by atoms with van der Waals surface area (Å²) in [5.41, 5.74) is 4.56. The summed E-state index contributed by atoms with van der Waals surface area (Å²) < 4.78 is 0.874. The molecule has 0 amide bonds. The van der Waals surface area contributed by atoms with Crippen LogP contribution in [-0.2, 0) is 0 Å². The molecule has 128 valence electrons. The molecule has 1 aromatic heterocycles. The molecule has 26 heavy (non-hydrogen) atoms. The van der Waals surface area contributed by atoms with Crippen molar-refractivity contribution < 1.29 is 15.0 Å². The first kappa shape index (κ1) is 16.4. The van der Waals surface area contributed by atoms with Crippen molar-refractivity contribution in [2.75, 3.05) is 0 Å². The molecular weight excluding hydrogens is 394 g/mol. The van der Waals surface area contributed by atoms with E-state index in [4.69, 9.17) is 0 Å². The zero-order valence-electron chi connectivity index (χ0n) is 13.5. The number of phenols is 1. The van der Waals surface area contributed by atoms with Gasteiger partial charge in [-0.05, 0) is 34.9 Å². The van der Waals surface area contributed by atoms with E-state index < -0.39 is 5.97 Å². The van der Waals surface area contributed by atoms with E-state index in [1.807, 2.05) is 48.5 Å². The van der Waals surface area contributed by atoms with E-state index >= 15 is 0 Å². The molecule has 0 fully saturated rings. The predicted octanol–water partition coefficient (Wildman–Crippen LogP) is 5.67. The molecule has 4 nitrogen and oxygen atoms in total. The number of rotatable bonds is 3. The van der Waals surface area contributed by atoms with E-state index in [9.17, 15) is 15.0 Å². The number of H-pyrrole nitrogens is 1. The highest BCUT2D eigenvalue weighted by molar-refractivity contribution is 9.10. The summed E-state index contributed by atoms with van der Waals surface area (Å²) in [6.07, 6.45) is 1.50. The van der Waals surface area contributed by atoms with Crippen LogP contribution in [0.2, 0.25) is 0 Å². The zero-order chi connectivity index (χ0) is 18.3. The highest BCUT2D eigenvalue weighted by atomic mass is 79.9. The number of halogens is 1. The van der Waals surface area contributed by atoms with Gasteiger partial charge in [0, 0.05) is 27.1 Å². The summed E-state index contributed by atoms with van der Waals surface area (Å²) in [5, 5.41) is 20.0. The first-order valence-corrected chi connectivity index (χ1v) is 8.76. The standard InChI is InChI=1S/C21H14BrNO3/c22-18-10-19-16(17(11-23-19)21(25)26)9-15(18)13-7-5-12(6-8-13)14-3-1-2-4-20(14)24/h1-11,23-24H,(H,25,26). The van der Waals surface area contributed by atoms with E-state index in [1.165, 1.54) is 6.20 Å². The molecule has 0 aliphatic carbocycles. The summed E-state index contributed by atoms with van der Waals surface area (Å²) in [6.45, 7) is 0. The van der Waals surface area contributed by atoms with E-state index in [0.29, 0.717) is 5.39 Å². The molecule has 0 saturated heterocycles. The molecule has 0 atom stereocenters. The van der Waals surface area contributed by atoms with Gasteiger partial charge < -0.3 is 15.2 Å². The minimum atomic E-state index is -0.959. The van der Waals surface area contributed by atoms with Gasteiger partial charge in [0.15, 0.2) is 0 Å². The summed E-state index contributed by atoms with van der Waals surface area (Å²) >= 11 is 3.57. The van der Waals surface area contributed by atoms with Crippen molar-refractivity contribution in [2.24, 2.45) is 0 Å². The number of aromatic amines is 1. The molecule has 3 aromatic carbocycles. The van der Waals surface area contributed by atoms with Gasteiger partial charge in [-0.2, -0.15) is 0 Å². The van der Waals surface area contributed by atoms with Crippen LogP contribution in [0.5, 0.6) is 5.75 Å². The van der Waals surface area contributed by atoms with E-state index in [0.717, 1.165) is 32.2 Å². The molecule has 0 unspecified atom stereocenters. The third kappa shape index (κ3) is 2.76. The number of carboxylic acids is 1. The van der Waals surface area contributed by atoms with Gasteiger partial charge in [-0.25, -0.2) is 4.79 Å². The fourth-order valence-electron chi connectivity index (χ4n) is 3.09. The molecule has 0 spiro atoms. The Balaban J connectivity index is 1.80. The molecule has 0 bridgehead atoms. The lowest BCUT2D eigenvalue weighted by Crippen LogP contribution is -1.93. The van der Waals surface area contributed by atoms with Crippen molar-refractivity contribution in [3.63, 3.8) is 0 Å². The van der Waals surface area contributed by atoms with Gasteiger partial charge >= 0.3 is 5.97 Å². The lowest BCUT2D eigenvalue weighted by molar-refractivity contribution is 0.0699. The van der Waals surface area contributed by atoms with Crippen LogP contribution < -0.4 is 0 Å². The fourth-order valence-corrected chi connectivity index (χ4v) is 3.66. The third-order valence-corrected chi connectivity index (χ3v) is 5.07. The van der Waals surface area contributed by atoms with Crippen molar-refractivity contribution in [3.05, 3.63) is 76.9 Å². The second kappa shape index (κ2) is 6.35. The number of hydrogen-bond donors (Lipinski definition) is 3. The Morgan fingerprint density at radius 1 is 0.923 bits per heavy atom. The third-order valence-electron chi connectivity index (χ3n) is 4.41. The molecule has 1 heterocycles. The summed E-state index contributed by atoms with van der Waals surface area (Å²) in [4.78, 5) is 14.4. The maximum atomic E-state index is 11.4. The molecule has 0 saturated carbocycles. The number of carbonyl (C=O) groups is 1. The van der Waals surface area contributed by atoms with Crippen LogP contribution in [0.3, 0.4) is 0 Å². The van der Waals surface area contributed by atoms with Crippen LogP contribution >= 0.6 is 15.9 Å². The van der Waals surface area contributed by atoms with Crippen LogP contribution in [0, 0.1) is 0 Å². The maximum absolute atomic E-state index is 11.4. The second-order valence-corrected chi connectivity index (χ2v) is 6.83.